The third-order valence-corrected chi connectivity index (χ3v) is 6.30. The van der Waals surface area contributed by atoms with Crippen molar-refractivity contribution in [2.75, 3.05) is 11.9 Å². The Balaban J connectivity index is 1.32. The van der Waals surface area contributed by atoms with Crippen molar-refractivity contribution in [2.45, 2.75) is 32.2 Å². The number of carbonyl (C=O) groups excluding carboxylic acids is 2. The fourth-order valence-electron chi connectivity index (χ4n) is 4.00. The number of hydrogen-bond donors (Lipinski definition) is 1. The van der Waals surface area contributed by atoms with E-state index in [2.05, 4.69) is 10.3 Å². The Morgan fingerprint density at radius 2 is 1.78 bits per heavy atom. The molecule has 1 N–H and O–H groups in total. The second-order valence-corrected chi connectivity index (χ2v) is 9.09. The highest BCUT2D eigenvalue weighted by atomic mass is 19.1. The Labute approximate surface area is 208 Å². The number of benzene rings is 3. The van der Waals surface area contributed by atoms with Crippen LogP contribution in [0.3, 0.4) is 0 Å². The van der Waals surface area contributed by atoms with Gasteiger partial charge in [-0.25, -0.2) is 4.39 Å². The minimum Gasteiger partial charge on any atom is -0.457 e. The van der Waals surface area contributed by atoms with Gasteiger partial charge in [0.05, 0.1) is 11.9 Å². The minimum absolute atomic E-state index is 0.0793. The normalized spacial score (nSPS) is 12.9. The fourth-order valence-corrected chi connectivity index (χ4v) is 4.00. The molecule has 0 atom stereocenters. The molecule has 3 aromatic carbocycles. The summed E-state index contributed by atoms with van der Waals surface area (Å²) in [6.07, 6.45) is 3.90. The summed E-state index contributed by atoms with van der Waals surface area (Å²) in [6, 6.07) is 18.9. The van der Waals surface area contributed by atoms with Gasteiger partial charge in [-0.1, -0.05) is 12.1 Å². The van der Waals surface area contributed by atoms with E-state index >= 15 is 0 Å². The van der Waals surface area contributed by atoms with Crippen LogP contribution < -0.4 is 15.0 Å². The first kappa shape index (κ1) is 23.5. The number of pyridine rings is 1. The summed E-state index contributed by atoms with van der Waals surface area (Å²) in [5, 5.41) is 3.79. The van der Waals surface area contributed by atoms with Gasteiger partial charge in [-0.3, -0.25) is 14.6 Å². The first-order valence-corrected chi connectivity index (χ1v) is 11.9. The van der Waals surface area contributed by atoms with Gasteiger partial charge < -0.3 is 15.0 Å². The zero-order chi connectivity index (χ0) is 25.2. The van der Waals surface area contributed by atoms with Crippen molar-refractivity contribution >= 4 is 28.4 Å². The molecule has 0 saturated heterocycles. The van der Waals surface area contributed by atoms with Crippen molar-refractivity contribution in [3.8, 4) is 11.5 Å². The van der Waals surface area contributed by atoms with Crippen molar-refractivity contribution < 1.29 is 18.7 Å². The number of anilines is 1. The molecule has 36 heavy (non-hydrogen) atoms. The van der Waals surface area contributed by atoms with Crippen LogP contribution in [0.2, 0.25) is 0 Å². The first-order chi connectivity index (χ1) is 17.4. The van der Waals surface area contributed by atoms with Crippen molar-refractivity contribution in [1.82, 2.24) is 10.3 Å². The molecular weight excluding hydrogens is 457 g/mol. The number of rotatable bonds is 7. The number of nitrogens with one attached hydrogen (secondary N) is 1. The van der Waals surface area contributed by atoms with Crippen molar-refractivity contribution in [2.24, 2.45) is 0 Å². The van der Waals surface area contributed by atoms with Crippen molar-refractivity contribution in [1.29, 1.82) is 0 Å². The summed E-state index contributed by atoms with van der Waals surface area (Å²) in [5.41, 5.74) is 3.68. The van der Waals surface area contributed by atoms with Crippen LogP contribution in [0.25, 0.3) is 10.9 Å². The topological polar surface area (TPSA) is 71.5 Å². The Morgan fingerprint density at radius 3 is 2.47 bits per heavy atom. The standard InChI is InChI=1S/C29H26FN3O3/c1-18-15-26-25(17-24(18)29(35)32-21-7-8-21)27(13-14-31-26)36-23-11-9-22(10-12-23)33(2)28(34)16-19-3-5-20(30)6-4-19/h3-6,9-15,17,21H,7-8,16H2,1-2H3,(H,32,35). The molecule has 0 spiro atoms. The lowest BCUT2D eigenvalue weighted by Gasteiger charge is -2.18. The number of ether oxygens (including phenoxy) is 1. The van der Waals surface area contributed by atoms with Crippen LogP contribution >= 0.6 is 0 Å². The fraction of sp³-hybridized carbons (Fsp3) is 0.207. The molecule has 6 nitrogen and oxygen atoms in total. The quantitative estimate of drug-likeness (QED) is 0.373. The molecule has 1 saturated carbocycles. The summed E-state index contributed by atoms with van der Waals surface area (Å²) in [4.78, 5) is 31.4. The first-order valence-electron chi connectivity index (χ1n) is 11.9. The second kappa shape index (κ2) is 9.77. The SMILES string of the molecule is Cc1cc2nccc(Oc3ccc(N(C)C(=O)Cc4ccc(F)cc4)cc3)c2cc1C(=O)NC1CC1. The van der Waals surface area contributed by atoms with E-state index in [-0.39, 0.29) is 30.1 Å². The molecule has 182 valence electrons. The van der Waals surface area contributed by atoms with E-state index in [9.17, 15) is 14.0 Å². The zero-order valence-corrected chi connectivity index (χ0v) is 20.1. The highest BCUT2D eigenvalue weighted by Gasteiger charge is 2.25. The predicted molar refractivity (Wildman–Crippen MR) is 137 cm³/mol. The Morgan fingerprint density at radius 1 is 1.06 bits per heavy atom. The molecule has 0 unspecified atom stereocenters. The van der Waals surface area contributed by atoms with Gasteiger partial charge in [0.25, 0.3) is 5.91 Å². The molecule has 2 amide bonds. The van der Waals surface area contributed by atoms with Crippen LogP contribution in [0.1, 0.15) is 34.3 Å². The van der Waals surface area contributed by atoms with Crippen LogP contribution in [0.4, 0.5) is 10.1 Å². The lowest BCUT2D eigenvalue weighted by Crippen LogP contribution is -2.27. The molecule has 1 aliphatic rings. The van der Waals surface area contributed by atoms with Crippen molar-refractivity contribution in [3.63, 3.8) is 0 Å². The molecule has 0 aliphatic heterocycles. The van der Waals surface area contributed by atoms with Gasteiger partial charge >= 0.3 is 0 Å². The molecular formula is C29H26FN3O3. The maximum Gasteiger partial charge on any atom is 0.251 e. The largest absolute Gasteiger partial charge is 0.457 e. The van der Waals surface area contributed by atoms with Gasteiger partial charge in [0.2, 0.25) is 5.91 Å². The zero-order valence-electron chi connectivity index (χ0n) is 20.1. The maximum atomic E-state index is 13.1. The average Bonchev–Trinajstić information content (AvgIpc) is 3.69. The number of halogens is 1. The molecule has 1 aliphatic carbocycles. The highest BCUT2D eigenvalue weighted by Crippen LogP contribution is 2.32. The summed E-state index contributed by atoms with van der Waals surface area (Å²) in [5.74, 6) is 0.668. The summed E-state index contributed by atoms with van der Waals surface area (Å²) in [6.45, 7) is 1.91. The number of aryl methyl sites for hydroxylation is 1. The monoisotopic (exact) mass is 483 g/mol. The Bertz CT molecular complexity index is 1430. The second-order valence-electron chi connectivity index (χ2n) is 9.09. The molecule has 1 heterocycles. The molecule has 1 fully saturated rings. The lowest BCUT2D eigenvalue weighted by molar-refractivity contribution is -0.117. The van der Waals surface area contributed by atoms with Crippen LogP contribution in [-0.2, 0) is 11.2 Å². The Hall–Kier alpha value is -4.26. The van der Waals surface area contributed by atoms with Crippen LogP contribution in [0.5, 0.6) is 11.5 Å². The van der Waals surface area contributed by atoms with Gasteiger partial charge in [0, 0.05) is 35.9 Å². The predicted octanol–water partition coefficient (Wildman–Crippen LogP) is 5.57. The van der Waals surface area contributed by atoms with E-state index in [0.717, 1.165) is 34.9 Å². The number of amides is 2. The van der Waals surface area contributed by atoms with Crippen LogP contribution in [0, 0.1) is 12.7 Å². The van der Waals surface area contributed by atoms with Gasteiger partial charge in [-0.2, -0.15) is 0 Å². The van der Waals surface area contributed by atoms with Crippen LogP contribution in [-0.4, -0.2) is 29.9 Å². The van der Waals surface area contributed by atoms with Gasteiger partial charge in [-0.05, 0) is 85.5 Å². The molecule has 1 aromatic heterocycles. The van der Waals surface area contributed by atoms with Crippen LogP contribution in [0.15, 0.2) is 72.9 Å². The number of carbonyl (C=O) groups is 2. The van der Waals surface area contributed by atoms with Gasteiger partial charge in [0.15, 0.2) is 0 Å². The van der Waals surface area contributed by atoms with Gasteiger partial charge in [-0.15, -0.1) is 0 Å². The maximum absolute atomic E-state index is 13.1. The molecule has 4 aromatic rings. The smallest absolute Gasteiger partial charge is 0.251 e. The Kier molecular flexibility index (Phi) is 6.38. The van der Waals surface area contributed by atoms with E-state index in [0.29, 0.717) is 22.7 Å². The molecule has 0 radical (unpaired) electrons. The molecule has 0 bridgehead atoms. The number of fused-ring (bicyclic) bond motifs is 1. The average molecular weight is 484 g/mol. The summed E-state index contributed by atoms with van der Waals surface area (Å²) < 4.78 is 19.3. The number of aromatic nitrogens is 1. The third-order valence-electron chi connectivity index (χ3n) is 6.30. The van der Waals surface area contributed by atoms with E-state index in [1.54, 1.807) is 60.6 Å². The summed E-state index contributed by atoms with van der Waals surface area (Å²) in [7, 11) is 1.70. The van der Waals surface area contributed by atoms with E-state index in [1.807, 2.05) is 19.1 Å². The summed E-state index contributed by atoms with van der Waals surface area (Å²) >= 11 is 0. The molecule has 7 heteroatoms. The van der Waals surface area contributed by atoms with E-state index < -0.39 is 0 Å². The molecule has 5 rings (SSSR count). The third kappa shape index (κ3) is 5.20. The minimum atomic E-state index is -0.329. The van der Waals surface area contributed by atoms with E-state index in [1.165, 1.54) is 12.1 Å². The van der Waals surface area contributed by atoms with Crippen molar-refractivity contribution in [3.05, 3.63) is 95.4 Å². The van der Waals surface area contributed by atoms with Gasteiger partial charge in [0.1, 0.15) is 17.3 Å². The number of likely N-dealkylation sites (N-methyl/N-ethyl adjacent to an activating group) is 1. The number of nitrogens with zero attached hydrogens (tertiary/aromatic N) is 2. The highest BCUT2D eigenvalue weighted by molar-refractivity contribution is 6.01. The van der Waals surface area contributed by atoms with E-state index in [4.69, 9.17) is 4.74 Å². The number of hydrogen-bond acceptors (Lipinski definition) is 4. The lowest BCUT2D eigenvalue weighted by atomic mass is 10.0.